The lowest BCUT2D eigenvalue weighted by Crippen LogP contribution is -2.23. The van der Waals surface area contributed by atoms with Gasteiger partial charge in [0.25, 0.3) is 0 Å². The molecular weight excluding hydrogens is 338 g/mol. The van der Waals surface area contributed by atoms with Crippen molar-refractivity contribution in [1.29, 1.82) is 0 Å². The Labute approximate surface area is 150 Å². The van der Waals surface area contributed by atoms with Gasteiger partial charge in [-0.1, -0.05) is 48.1 Å². The molecule has 0 bridgehead atoms. The number of amides is 1. The molecule has 1 heterocycles. The molecule has 25 heavy (non-hydrogen) atoms. The minimum atomic E-state index is -0.148. The van der Waals surface area contributed by atoms with Crippen molar-refractivity contribution in [2.75, 3.05) is 12.4 Å². The quantitative estimate of drug-likeness (QED) is 0.829. The third-order valence-corrected chi connectivity index (χ3v) is 5.45. The number of carbonyl (C=O) groups excluding carboxylic acids is 2. The van der Waals surface area contributed by atoms with Crippen molar-refractivity contribution < 1.29 is 14.3 Å². The maximum atomic E-state index is 12.1. The summed E-state index contributed by atoms with van der Waals surface area (Å²) in [5.41, 5.74) is 0.956. The van der Waals surface area contributed by atoms with Crippen LogP contribution in [0.3, 0.4) is 0 Å². The molecule has 1 aliphatic rings. The highest BCUT2D eigenvalue weighted by Gasteiger charge is 2.30. The van der Waals surface area contributed by atoms with Gasteiger partial charge in [-0.15, -0.1) is 10.2 Å². The largest absolute Gasteiger partial charge is 0.469 e. The second kappa shape index (κ2) is 8.20. The summed E-state index contributed by atoms with van der Waals surface area (Å²) in [4.78, 5) is 23.9. The van der Waals surface area contributed by atoms with Gasteiger partial charge >= 0.3 is 5.97 Å². The molecule has 0 radical (unpaired) electrons. The molecule has 0 saturated heterocycles. The van der Waals surface area contributed by atoms with E-state index in [-0.39, 0.29) is 23.7 Å². The Morgan fingerprint density at radius 2 is 2.04 bits per heavy atom. The molecule has 3 rings (SSSR count). The summed E-state index contributed by atoms with van der Waals surface area (Å²) in [5, 5.41) is 12.5. The number of rotatable bonds is 5. The standard InChI is InChI=1S/C18H21N3O3S/c1-24-17(23)14-9-5-8-13(11-14)16-20-21-18(25-16)19-15(22)10-12-6-3-2-4-7-12/h2-4,6-7,13-14H,5,8-11H2,1H3,(H,19,21,22). The van der Waals surface area contributed by atoms with E-state index < -0.39 is 0 Å². The first kappa shape index (κ1) is 17.5. The average molecular weight is 359 g/mol. The van der Waals surface area contributed by atoms with Gasteiger partial charge in [0.1, 0.15) is 5.01 Å². The molecule has 1 fully saturated rings. The highest BCUT2D eigenvalue weighted by atomic mass is 32.1. The van der Waals surface area contributed by atoms with Crippen LogP contribution < -0.4 is 5.32 Å². The molecule has 1 aliphatic carbocycles. The van der Waals surface area contributed by atoms with Crippen LogP contribution in [-0.2, 0) is 20.7 Å². The number of anilines is 1. The van der Waals surface area contributed by atoms with E-state index >= 15 is 0 Å². The van der Waals surface area contributed by atoms with Crippen LogP contribution >= 0.6 is 11.3 Å². The van der Waals surface area contributed by atoms with Gasteiger partial charge in [0.05, 0.1) is 19.4 Å². The SMILES string of the molecule is COC(=O)C1CCCC(c2nnc(NC(=O)Cc3ccccc3)s2)C1. The van der Waals surface area contributed by atoms with Gasteiger partial charge in [0, 0.05) is 5.92 Å². The summed E-state index contributed by atoms with van der Waals surface area (Å²) >= 11 is 1.39. The Morgan fingerprint density at radius 1 is 1.24 bits per heavy atom. The first-order chi connectivity index (χ1) is 12.2. The first-order valence-corrected chi connectivity index (χ1v) is 9.22. The first-order valence-electron chi connectivity index (χ1n) is 8.40. The lowest BCUT2D eigenvalue weighted by molar-refractivity contribution is -0.146. The number of esters is 1. The molecule has 0 spiro atoms. The number of methoxy groups -OCH3 is 1. The summed E-state index contributed by atoms with van der Waals surface area (Å²) in [6.07, 6.45) is 3.87. The molecule has 2 atom stereocenters. The minimum absolute atomic E-state index is 0.0660. The van der Waals surface area contributed by atoms with Crippen molar-refractivity contribution in [2.45, 2.75) is 38.0 Å². The minimum Gasteiger partial charge on any atom is -0.469 e. The molecular formula is C18H21N3O3S. The van der Waals surface area contributed by atoms with Crippen LogP contribution in [0.25, 0.3) is 0 Å². The van der Waals surface area contributed by atoms with Crippen molar-refractivity contribution in [2.24, 2.45) is 5.92 Å². The van der Waals surface area contributed by atoms with Crippen LogP contribution in [0.1, 0.15) is 42.2 Å². The predicted molar refractivity (Wildman–Crippen MR) is 95.4 cm³/mol. The zero-order chi connectivity index (χ0) is 17.6. The number of ether oxygens (including phenoxy) is 1. The molecule has 7 heteroatoms. The normalized spacial score (nSPS) is 20.0. The molecule has 132 valence electrons. The molecule has 1 aromatic heterocycles. The topological polar surface area (TPSA) is 81.2 Å². The van der Waals surface area contributed by atoms with Crippen molar-refractivity contribution in [1.82, 2.24) is 10.2 Å². The number of hydrogen-bond acceptors (Lipinski definition) is 6. The lowest BCUT2D eigenvalue weighted by Gasteiger charge is -2.25. The number of nitrogens with one attached hydrogen (secondary N) is 1. The fourth-order valence-corrected chi connectivity index (χ4v) is 4.10. The molecule has 2 aromatic rings. The maximum absolute atomic E-state index is 12.1. The van der Waals surface area contributed by atoms with Gasteiger partial charge < -0.3 is 10.1 Å². The summed E-state index contributed by atoms with van der Waals surface area (Å²) < 4.78 is 4.86. The van der Waals surface area contributed by atoms with E-state index in [4.69, 9.17) is 4.74 Å². The smallest absolute Gasteiger partial charge is 0.308 e. The molecule has 1 saturated carbocycles. The number of nitrogens with zero attached hydrogens (tertiary/aromatic N) is 2. The van der Waals surface area contributed by atoms with E-state index in [1.165, 1.54) is 18.4 Å². The van der Waals surface area contributed by atoms with Crippen molar-refractivity contribution in [3.05, 3.63) is 40.9 Å². The van der Waals surface area contributed by atoms with Crippen LogP contribution in [0.2, 0.25) is 0 Å². The fourth-order valence-electron chi connectivity index (χ4n) is 3.19. The number of aromatic nitrogens is 2. The number of benzene rings is 1. The van der Waals surface area contributed by atoms with E-state index in [0.29, 0.717) is 11.6 Å². The molecule has 6 nitrogen and oxygen atoms in total. The van der Waals surface area contributed by atoms with Crippen molar-refractivity contribution in [3.63, 3.8) is 0 Å². The summed E-state index contributed by atoms with van der Waals surface area (Å²) in [6.45, 7) is 0. The lowest BCUT2D eigenvalue weighted by atomic mass is 9.82. The van der Waals surface area contributed by atoms with Crippen LogP contribution in [0.15, 0.2) is 30.3 Å². The molecule has 1 N–H and O–H groups in total. The average Bonchev–Trinajstić information content (AvgIpc) is 3.10. The van der Waals surface area contributed by atoms with Gasteiger partial charge in [0.15, 0.2) is 0 Å². The van der Waals surface area contributed by atoms with Gasteiger partial charge in [-0.05, 0) is 24.8 Å². The Kier molecular flexibility index (Phi) is 5.75. The van der Waals surface area contributed by atoms with Crippen LogP contribution in [-0.4, -0.2) is 29.2 Å². The van der Waals surface area contributed by atoms with Crippen LogP contribution in [0.4, 0.5) is 5.13 Å². The zero-order valence-electron chi connectivity index (χ0n) is 14.1. The Morgan fingerprint density at radius 3 is 2.80 bits per heavy atom. The second-order valence-electron chi connectivity index (χ2n) is 6.24. The van der Waals surface area contributed by atoms with Crippen LogP contribution in [0, 0.1) is 5.92 Å². The van der Waals surface area contributed by atoms with Gasteiger partial charge in [0.2, 0.25) is 11.0 Å². The van der Waals surface area contributed by atoms with Crippen molar-refractivity contribution in [3.8, 4) is 0 Å². The summed E-state index contributed by atoms with van der Waals surface area (Å²) in [6, 6.07) is 9.57. The van der Waals surface area contributed by atoms with E-state index in [2.05, 4.69) is 15.5 Å². The van der Waals surface area contributed by atoms with Crippen molar-refractivity contribution >= 4 is 28.3 Å². The third kappa shape index (κ3) is 4.63. The predicted octanol–water partition coefficient (Wildman–Crippen LogP) is 3.17. The Bertz CT molecular complexity index is 732. The van der Waals surface area contributed by atoms with E-state index in [1.807, 2.05) is 30.3 Å². The Balaban J connectivity index is 1.58. The number of carbonyl (C=O) groups is 2. The second-order valence-corrected chi connectivity index (χ2v) is 7.25. The maximum Gasteiger partial charge on any atom is 0.308 e. The van der Waals surface area contributed by atoms with E-state index in [9.17, 15) is 9.59 Å². The van der Waals surface area contributed by atoms with Gasteiger partial charge in [-0.25, -0.2) is 0 Å². The van der Waals surface area contributed by atoms with Gasteiger partial charge in [-0.3, -0.25) is 9.59 Å². The monoisotopic (exact) mass is 359 g/mol. The zero-order valence-corrected chi connectivity index (χ0v) is 14.9. The highest BCUT2D eigenvalue weighted by molar-refractivity contribution is 7.15. The van der Waals surface area contributed by atoms with E-state index in [1.54, 1.807) is 0 Å². The number of hydrogen-bond donors (Lipinski definition) is 1. The van der Waals surface area contributed by atoms with Crippen LogP contribution in [0.5, 0.6) is 0 Å². The highest BCUT2D eigenvalue weighted by Crippen LogP contribution is 2.38. The fraction of sp³-hybridized carbons (Fsp3) is 0.444. The van der Waals surface area contributed by atoms with Gasteiger partial charge in [-0.2, -0.15) is 0 Å². The molecule has 1 amide bonds. The Hall–Kier alpha value is -2.28. The summed E-state index contributed by atoms with van der Waals surface area (Å²) in [5.74, 6) is -0.116. The summed E-state index contributed by atoms with van der Waals surface area (Å²) in [7, 11) is 1.43. The third-order valence-electron chi connectivity index (χ3n) is 4.45. The van der Waals surface area contributed by atoms with E-state index in [0.717, 1.165) is 36.3 Å². The molecule has 0 aliphatic heterocycles. The molecule has 2 unspecified atom stereocenters. The molecule has 1 aromatic carbocycles.